The number of aryl methyl sites for hydroxylation is 1. The Balaban J connectivity index is 1.23. The van der Waals surface area contributed by atoms with Crippen LogP contribution in [0.1, 0.15) is 24.3 Å². The number of aromatic nitrogens is 3. The minimum atomic E-state index is -0.0303. The number of carbonyl (C=O) groups excluding carboxylic acids is 1. The van der Waals surface area contributed by atoms with Crippen molar-refractivity contribution in [3.05, 3.63) is 90.4 Å². The monoisotopic (exact) mass is 430 g/mol. The van der Waals surface area contributed by atoms with Crippen molar-refractivity contribution >= 4 is 23.4 Å². The topological polar surface area (TPSA) is 80.9 Å². The van der Waals surface area contributed by atoms with E-state index in [1.807, 2.05) is 72.8 Å². The van der Waals surface area contributed by atoms with Gasteiger partial charge in [-0.1, -0.05) is 36.4 Å². The maximum atomic E-state index is 12.3. The van der Waals surface area contributed by atoms with E-state index >= 15 is 0 Å². The Hall–Kier alpha value is -3.45. The Labute approximate surface area is 185 Å². The zero-order valence-corrected chi connectivity index (χ0v) is 17.7. The standard InChI is InChI=1S/C24H22N4O2S/c29-21(12-7-13-22-27-28-24(30-22)19-9-2-1-3-10-19)26-20-11-6-8-18(16-20)17-31-23-14-4-5-15-25-23/h1-6,8-11,14-16H,7,12-13,17H2,(H,26,29). The molecule has 0 unspecified atom stereocenters. The highest BCUT2D eigenvalue weighted by Crippen LogP contribution is 2.22. The first-order chi connectivity index (χ1) is 15.3. The van der Waals surface area contributed by atoms with Crippen LogP contribution >= 0.6 is 11.8 Å². The molecule has 2 heterocycles. The summed E-state index contributed by atoms with van der Waals surface area (Å²) in [6.45, 7) is 0. The normalized spacial score (nSPS) is 10.7. The molecule has 0 saturated carbocycles. The van der Waals surface area contributed by atoms with Gasteiger partial charge in [-0.25, -0.2) is 4.98 Å². The fraction of sp³-hybridized carbons (Fsp3) is 0.167. The van der Waals surface area contributed by atoms with Crippen LogP contribution in [-0.2, 0) is 17.0 Å². The number of nitrogens with zero attached hydrogens (tertiary/aromatic N) is 3. The molecule has 0 radical (unpaired) electrons. The molecule has 7 heteroatoms. The molecule has 0 atom stereocenters. The van der Waals surface area contributed by atoms with E-state index in [1.54, 1.807) is 18.0 Å². The first-order valence-corrected chi connectivity index (χ1v) is 11.1. The maximum absolute atomic E-state index is 12.3. The third-order valence-electron chi connectivity index (χ3n) is 4.52. The maximum Gasteiger partial charge on any atom is 0.247 e. The molecule has 2 aromatic heterocycles. The highest BCUT2D eigenvalue weighted by molar-refractivity contribution is 7.98. The van der Waals surface area contributed by atoms with Crippen molar-refractivity contribution in [1.29, 1.82) is 0 Å². The summed E-state index contributed by atoms with van der Waals surface area (Å²) in [5.41, 5.74) is 2.82. The number of nitrogens with one attached hydrogen (secondary N) is 1. The molecule has 1 N–H and O–H groups in total. The van der Waals surface area contributed by atoms with E-state index < -0.39 is 0 Å². The Kier molecular flexibility index (Phi) is 7.08. The second-order valence-electron chi connectivity index (χ2n) is 6.93. The van der Waals surface area contributed by atoms with E-state index in [1.165, 1.54) is 0 Å². The smallest absolute Gasteiger partial charge is 0.247 e. The molecule has 4 rings (SSSR count). The molecule has 0 aliphatic carbocycles. The SMILES string of the molecule is O=C(CCCc1nnc(-c2ccccc2)o1)Nc1cccc(CSc2ccccn2)c1. The molecule has 2 aromatic carbocycles. The average Bonchev–Trinajstić information content (AvgIpc) is 3.28. The van der Waals surface area contributed by atoms with Gasteiger partial charge in [0.05, 0.1) is 5.03 Å². The summed E-state index contributed by atoms with van der Waals surface area (Å²) < 4.78 is 5.69. The van der Waals surface area contributed by atoms with E-state index in [9.17, 15) is 4.79 Å². The van der Waals surface area contributed by atoms with E-state index in [2.05, 4.69) is 20.5 Å². The van der Waals surface area contributed by atoms with Crippen LogP contribution in [0.3, 0.4) is 0 Å². The molecule has 0 aliphatic rings. The molecule has 0 spiro atoms. The fourth-order valence-corrected chi connectivity index (χ4v) is 3.81. The number of hydrogen-bond donors (Lipinski definition) is 1. The van der Waals surface area contributed by atoms with Crippen LogP contribution in [0.5, 0.6) is 0 Å². The molecule has 6 nitrogen and oxygen atoms in total. The van der Waals surface area contributed by atoms with Crippen LogP contribution in [0.2, 0.25) is 0 Å². The van der Waals surface area contributed by atoms with Crippen LogP contribution in [0.15, 0.2) is 88.4 Å². The fourth-order valence-electron chi connectivity index (χ4n) is 3.00. The predicted octanol–water partition coefficient (Wildman–Crippen LogP) is 5.39. The van der Waals surface area contributed by atoms with Gasteiger partial charge in [-0.15, -0.1) is 22.0 Å². The Morgan fingerprint density at radius 3 is 2.68 bits per heavy atom. The highest BCUT2D eigenvalue weighted by Gasteiger charge is 2.09. The first-order valence-electron chi connectivity index (χ1n) is 10.1. The summed E-state index contributed by atoms with van der Waals surface area (Å²) in [6.07, 6.45) is 3.37. The van der Waals surface area contributed by atoms with Crippen molar-refractivity contribution in [2.75, 3.05) is 5.32 Å². The van der Waals surface area contributed by atoms with Gasteiger partial charge in [0, 0.05) is 36.0 Å². The number of anilines is 1. The minimum absolute atomic E-state index is 0.0303. The number of benzene rings is 2. The number of hydrogen-bond acceptors (Lipinski definition) is 6. The van der Waals surface area contributed by atoms with Crippen LogP contribution in [0.25, 0.3) is 11.5 Å². The van der Waals surface area contributed by atoms with Gasteiger partial charge in [-0.3, -0.25) is 4.79 Å². The van der Waals surface area contributed by atoms with Crippen molar-refractivity contribution in [2.24, 2.45) is 0 Å². The van der Waals surface area contributed by atoms with Crippen LogP contribution in [-0.4, -0.2) is 21.1 Å². The van der Waals surface area contributed by atoms with Gasteiger partial charge in [0.15, 0.2) is 0 Å². The lowest BCUT2D eigenvalue weighted by atomic mass is 10.2. The van der Waals surface area contributed by atoms with E-state index in [0.29, 0.717) is 31.0 Å². The second-order valence-corrected chi connectivity index (χ2v) is 7.92. The summed E-state index contributed by atoms with van der Waals surface area (Å²) in [4.78, 5) is 16.6. The zero-order chi connectivity index (χ0) is 21.3. The van der Waals surface area contributed by atoms with Gasteiger partial charge in [0.25, 0.3) is 0 Å². The number of thioether (sulfide) groups is 1. The summed E-state index contributed by atoms with van der Waals surface area (Å²) in [7, 11) is 0. The average molecular weight is 431 g/mol. The van der Waals surface area contributed by atoms with Crippen LogP contribution in [0, 0.1) is 0 Å². The lowest BCUT2D eigenvalue weighted by Gasteiger charge is -2.07. The van der Waals surface area contributed by atoms with E-state index in [-0.39, 0.29) is 5.91 Å². The first kappa shape index (κ1) is 20.8. The lowest BCUT2D eigenvalue weighted by molar-refractivity contribution is -0.116. The third-order valence-corrected chi connectivity index (χ3v) is 5.53. The Morgan fingerprint density at radius 2 is 1.84 bits per heavy atom. The molecular formula is C24H22N4O2S. The molecule has 0 saturated heterocycles. The quantitative estimate of drug-likeness (QED) is 0.359. The van der Waals surface area contributed by atoms with Gasteiger partial charge >= 0.3 is 0 Å². The van der Waals surface area contributed by atoms with Gasteiger partial charge in [-0.2, -0.15) is 0 Å². The molecule has 0 fully saturated rings. The van der Waals surface area contributed by atoms with Crippen molar-refractivity contribution in [2.45, 2.75) is 30.0 Å². The van der Waals surface area contributed by atoms with Gasteiger partial charge in [0.1, 0.15) is 0 Å². The highest BCUT2D eigenvalue weighted by atomic mass is 32.2. The van der Waals surface area contributed by atoms with Crippen LogP contribution in [0.4, 0.5) is 5.69 Å². The van der Waals surface area contributed by atoms with Gasteiger partial charge in [-0.05, 0) is 48.4 Å². The third kappa shape index (κ3) is 6.26. The molecular weight excluding hydrogens is 408 g/mol. The lowest BCUT2D eigenvalue weighted by Crippen LogP contribution is -2.11. The summed E-state index contributed by atoms with van der Waals surface area (Å²) in [5.74, 6) is 1.81. The Bertz CT molecular complexity index is 1120. The molecule has 1 amide bonds. The molecule has 31 heavy (non-hydrogen) atoms. The molecule has 156 valence electrons. The number of rotatable bonds is 9. The van der Waals surface area contributed by atoms with E-state index in [4.69, 9.17) is 4.42 Å². The van der Waals surface area contributed by atoms with E-state index in [0.717, 1.165) is 27.6 Å². The number of carbonyl (C=O) groups is 1. The molecule has 0 aliphatic heterocycles. The van der Waals surface area contributed by atoms with Gasteiger partial charge in [0.2, 0.25) is 17.7 Å². The molecule has 4 aromatic rings. The van der Waals surface area contributed by atoms with Crippen LogP contribution < -0.4 is 5.32 Å². The summed E-state index contributed by atoms with van der Waals surface area (Å²) in [6, 6.07) is 23.4. The van der Waals surface area contributed by atoms with Crippen molar-refractivity contribution < 1.29 is 9.21 Å². The number of pyridine rings is 1. The minimum Gasteiger partial charge on any atom is -0.421 e. The van der Waals surface area contributed by atoms with Gasteiger partial charge < -0.3 is 9.73 Å². The van der Waals surface area contributed by atoms with Crippen molar-refractivity contribution in [1.82, 2.24) is 15.2 Å². The van der Waals surface area contributed by atoms with Crippen molar-refractivity contribution in [3.63, 3.8) is 0 Å². The van der Waals surface area contributed by atoms with Crippen molar-refractivity contribution in [3.8, 4) is 11.5 Å². The summed E-state index contributed by atoms with van der Waals surface area (Å²) in [5, 5.41) is 12.1. The molecule has 0 bridgehead atoms. The zero-order valence-electron chi connectivity index (χ0n) is 16.9. The summed E-state index contributed by atoms with van der Waals surface area (Å²) >= 11 is 1.67. The predicted molar refractivity (Wildman–Crippen MR) is 122 cm³/mol. The second kappa shape index (κ2) is 10.5. The largest absolute Gasteiger partial charge is 0.421 e. The Morgan fingerprint density at radius 1 is 0.968 bits per heavy atom. The number of amides is 1.